The van der Waals surface area contributed by atoms with Crippen molar-refractivity contribution < 1.29 is 0 Å². The summed E-state index contributed by atoms with van der Waals surface area (Å²) in [4.78, 5) is 4.46. The monoisotopic (exact) mass is 286 g/mol. The van der Waals surface area contributed by atoms with Gasteiger partial charge in [-0.1, -0.05) is 19.8 Å². The maximum atomic E-state index is 4.46. The zero-order valence-corrected chi connectivity index (χ0v) is 13.2. The topological polar surface area (TPSA) is 42.2 Å². The van der Waals surface area contributed by atoms with Gasteiger partial charge in [-0.05, 0) is 38.5 Å². The fourth-order valence-electron chi connectivity index (χ4n) is 3.45. The van der Waals surface area contributed by atoms with Crippen molar-refractivity contribution in [1.82, 2.24) is 19.9 Å². The maximum Gasteiger partial charge on any atom is 0.155 e. The standard InChI is InChI=1S/C17H26N4/c1-3-4-14-5-7-16(8-6-14)18-10-15-11-19-17-9-13(2)20-21(17)12-15/h9,11-12,14,16,18H,3-8,10H2,1-2H3. The number of fused-ring (bicyclic) bond motifs is 1. The van der Waals surface area contributed by atoms with Crippen molar-refractivity contribution in [3.63, 3.8) is 0 Å². The first-order valence-electron chi connectivity index (χ1n) is 8.29. The molecule has 114 valence electrons. The maximum absolute atomic E-state index is 4.46. The average molecular weight is 286 g/mol. The van der Waals surface area contributed by atoms with E-state index in [9.17, 15) is 0 Å². The van der Waals surface area contributed by atoms with Gasteiger partial charge in [-0.3, -0.25) is 0 Å². The first-order valence-corrected chi connectivity index (χ1v) is 8.29. The molecule has 2 aromatic rings. The molecule has 0 spiro atoms. The summed E-state index contributed by atoms with van der Waals surface area (Å²) in [7, 11) is 0. The fraction of sp³-hybridized carbons (Fsp3) is 0.647. The minimum atomic E-state index is 0.674. The van der Waals surface area contributed by atoms with Crippen LogP contribution in [0, 0.1) is 12.8 Å². The van der Waals surface area contributed by atoms with Gasteiger partial charge >= 0.3 is 0 Å². The second kappa shape index (κ2) is 6.56. The Morgan fingerprint density at radius 2 is 2.10 bits per heavy atom. The number of hydrogen-bond donors (Lipinski definition) is 1. The normalized spacial score (nSPS) is 22.8. The Balaban J connectivity index is 1.52. The molecule has 3 rings (SSSR count). The van der Waals surface area contributed by atoms with Gasteiger partial charge in [0.15, 0.2) is 5.65 Å². The summed E-state index contributed by atoms with van der Waals surface area (Å²) >= 11 is 0. The van der Waals surface area contributed by atoms with Crippen LogP contribution >= 0.6 is 0 Å². The van der Waals surface area contributed by atoms with Crippen molar-refractivity contribution in [2.75, 3.05) is 0 Å². The fourth-order valence-corrected chi connectivity index (χ4v) is 3.45. The van der Waals surface area contributed by atoms with E-state index in [4.69, 9.17) is 0 Å². The molecule has 1 aliphatic rings. The van der Waals surface area contributed by atoms with Gasteiger partial charge in [-0.15, -0.1) is 0 Å². The summed E-state index contributed by atoms with van der Waals surface area (Å²) in [6, 6.07) is 2.68. The third-order valence-electron chi connectivity index (χ3n) is 4.63. The van der Waals surface area contributed by atoms with Crippen LogP contribution in [0.1, 0.15) is 56.7 Å². The second-order valence-electron chi connectivity index (χ2n) is 6.44. The van der Waals surface area contributed by atoms with Crippen LogP contribution in [-0.4, -0.2) is 20.6 Å². The summed E-state index contributed by atoms with van der Waals surface area (Å²) in [5, 5.41) is 8.12. The Hall–Kier alpha value is -1.42. The molecule has 0 aliphatic heterocycles. The highest BCUT2D eigenvalue weighted by atomic mass is 15.2. The molecule has 0 radical (unpaired) electrons. The third-order valence-corrected chi connectivity index (χ3v) is 4.63. The molecule has 0 bridgehead atoms. The van der Waals surface area contributed by atoms with Gasteiger partial charge in [-0.2, -0.15) is 5.10 Å². The summed E-state index contributed by atoms with van der Waals surface area (Å²) in [5.41, 5.74) is 3.15. The van der Waals surface area contributed by atoms with Crippen molar-refractivity contribution in [3.8, 4) is 0 Å². The number of aromatic nitrogens is 3. The van der Waals surface area contributed by atoms with E-state index >= 15 is 0 Å². The summed E-state index contributed by atoms with van der Waals surface area (Å²) < 4.78 is 1.88. The van der Waals surface area contributed by atoms with E-state index in [2.05, 4.69) is 28.5 Å². The highest BCUT2D eigenvalue weighted by molar-refractivity contribution is 5.38. The molecule has 0 atom stereocenters. The number of aryl methyl sites for hydroxylation is 1. The van der Waals surface area contributed by atoms with Crippen LogP contribution in [0.4, 0.5) is 0 Å². The van der Waals surface area contributed by atoms with E-state index in [0.29, 0.717) is 6.04 Å². The lowest BCUT2D eigenvalue weighted by molar-refractivity contribution is 0.277. The van der Waals surface area contributed by atoms with Gasteiger partial charge in [0.05, 0.1) is 5.69 Å². The van der Waals surface area contributed by atoms with Gasteiger partial charge in [-0.25, -0.2) is 9.50 Å². The van der Waals surface area contributed by atoms with Gasteiger partial charge in [0.25, 0.3) is 0 Å². The molecule has 0 unspecified atom stereocenters. The predicted molar refractivity (Wildman–Crippen MR) is 85.2 cm³/mol. The van der Waals surface area contributed by atoms with E-state index in [-0.39, 0.29) is 0 Å². The smallest absolute Gasteiger partial charge is 0.155 e. The molecule has 1 aliphatic carbocycles. The molecular weight excluding hydrogens is 260 g/mol. The van der Waals surface area contributed by atoms with Crippen molar-refractivity contribution in [2.45, 2.75) is 65.0 Å². The van der Waals surface area contributed by atoms with Crippen LogP contribution in [-0.2, 0) is 6.54 Å². The van der Waals surface area contributed by atoms with Crippen LogP contribution < -0.4 is 5.32 Å². The number of rotatable bonds is 5. The highest BCUT2D eigenvalue weighted by Gasteiger charge is 2.19. The van der Waals surface area contributed by atoms with E-state index < -0.39 is 0 Å². The first-order chi connectivity index (χ1) is 10.2. The van der Waals surface area contributed by atoms with Crippen LogP contribution in [0.2, 0.25) is 0 Å². The number of nitrogens with one attached hydrogen (secondary N) is 1. The van der Waals surface area contributed by atoms with Crippen LogP contribution in [0.15, 0.2) is 18.5 Å². The zero-order valence-electron chi connectivity index (χ0n) is 13.2. The first kappa shape index (κ1) is 14.5. The van der Waals surface area contributed by atoms with Crippen molar-refractivity contribution in [2.24, 2.45) is 5.92 Å². The zero-order chi connectivity index (χ0) is 14.7. The summed E-state index contributed by atoms with van der Waals surface area (Å²) in [6.45, 7) is 5.19. The highest BCUT2D eigenvalue weighted by Crippen LogP contribution is 2.27. The average Bonchev–Trinajstić information content (AvgIpc) is 2.86. The molecule has 0 aromatic carbocycles. The lowest BCUT2D eigenvalue weighted by Gasteiger charge is -2.29. The van der Waals surface area contributed by atoms with Crippen LogP contribution in [0.5, 0.6) is 0 Å². The molecule has 0 amide bonds. The molecule has 1 fully saturated rings. The largest absolute Gasteiger partial charge is 0.310 e. The van der Waals surface area contributed by atoms with E-state index in [1.54, 1.807) is 0 Å². The molecule has 2 aromatic heterocycles. The second-order valence-corrected chi connectivity index (χ2v) is 6.44. The molecular formula is C17H26N4. The molecule has 2 heterocycles. The van der Waals surface area contributed by atoms with E-state index in [0.717, 1.165) is 23.8 Å². The summed E-state index contributed by atoms with van der Waals surface area (Å²) in [5.74, 6) is 0.970. The Kier molecular flexibility index (Phi) is 4.54. The molecule has 21 heavy (non-hydrogen) atoms. The molecule has 0 saturated heterocycles. The van der Waals surface area contributed by atoms with Crippen molar-refractivity contribution in [1.29, 1.82) is 0 Å². The minimum absolute atomic E-state index is 0.674. The predicted octanol–water partition coefficient (Wildman–Crippen LogP) is 3.49. The number of nitrogens with zero attached hydrogens (tertiary/aromatic N) is 3. The van der Waals surface area contributed by atoms with E-state index in [1.165, 1.54) is 44.1 Å². The Morgan fingerprint density at radius 3 is 2.86 bits per heavy atom. The van der Waals surface area contributed by atoms with Gasteiger partial charge in [0, 0.05) is 36.6 Å². The molecule has 4 heteroatoms. The van der Waals surface area contributed by atoms with Crippen molar-refractivity contribution in [3.05, 3.63) is 29.7 Å². The number of hydrogen-bond acceptors (Lipinski definition) is 3. The Bertz CT molecular complexity index is 581. The minimum Gasteiger partial charge on any atom is -0.310 e. The van der Waals surface area contributed by atoms with Gasteiger partial charge < -0.3 is 5.32 Å². The quantitative estimate of drug-likeness (QED) is 0.915. The SMILES string of the molecule is CCCC1CCC(NCc2cnc3cc(C)nn3c2)CC1. The molecule has 1 saturated carbocycles. The lowest BCUT2D eigenvalue weighted by Crippen LogP contribution is -2.32. The van der Waals surface area contributed by atoms with Gasteiger partial charge in [0.2, 0.25) is 0 Å². The van der Waals surface area contributed by atoms with E-state index in [1.807, 2.05) is 23.7 Å². The van der Waals surface area contributed by atoms with Crippen LogP contribution in [0.3, 0.4) is 0 Å². The molecule has 4 nitrogen and oxygen atoms in total. The Labute approximate surface area is 127 Å². The van der Waals surface area contributed by atoms with Crippen LogP contribution in [0.25, 0.3) is 5.65 Å². The lowest BCUT2D eigenvalue weighted by atomic mass is 9.83. The van der Waals surface area contributed by atoms with Gasteiger partial charge in [0.1, 0.15) is 0 Å². The summed E-state index contributed by atoms with van der Waals surface area (Å²) in [6.07, 6.45) is 12.2. The third kappa shape index (κ3) is 3.62. The van der Waals surface area contributed by atoms with Crippen molar-refractivity contribution >= 4 is 5.65 Å². The Morgan fingerprint density at radius 1 is 1.29 bits per heavy atom. The molecule has 1 N–H and O–H groups in total.